The Labute approximate surface area is 145 Å². The van der Waals surface area contributed by atoms with Crippen LogP contribution in [-0.2, 0) is 17.8 Å². The van der Waals surface area contributed by atoms with Crippen molar-refractivity contribution in [3.63, 3.8) is 0 Å². The van der Waals surface area contributed by atoms with Crippen molar-refractivity contribution in [2.75, 3.05) is 0 Å². The van der Waals surface area contributed by atoms with Gasteiger partial charge in [-0.05, 0) is 30.0 Å². The molecule has 2 heterocycles. The molecule has 0 radical (unpaired) electrons. The lowest BCUT2D eigenvalue weighted by Crippen LogP contribution is -2.30. The highest BCUT2D eigenvalue weighted by Gasteiger charge is 2.25. The number of carbonyl (C=O) groups excluding carboxylic acids is 1. The van der Waals surface area contributed by atoms with E-state index in [0.29, 0.717) is 0 Å². The van der Waals surface area contributed by atoms with Gasteiger partial charge in [0.2, 0.25) is 0 Å². The van der Waals surface area contributed by atoms with Crippen LogP contribution in [0.15, 0.2) is 60.9 Å². The normalized spacial score (nSPS) is 15.6. The molecule has 6 nitrogen and oxygen atoms in total. The molecule has 2 aromatic carbocycles. The predicted molar refractivity (Wildman–Crippen MR) is 92.2 cm³/mol. The van der Waals surface area contributed by atoms with E-state index in [1.807, 2.05) is 53.1 Å². The molecule has 4 rings (SSSR count). The van der Waals surface area contributed by atoms with E-state index in [2.05, 4.69) is 21.6 Å². The van der Waals surface area contributed by atoms with Crippen molar-refractivity contribution in [1.82, 2.24) is 20.1 Å². The minimum absolute atomic E-state index is 0.238. The van der Waals surface area contributed by atoms with Crippen molar-refractivity contribution in [2.45, 2.75) is 25.5 Å². The van der Waals surface area contributed by atoms with Gasteiger partial charge in [-0.2, -0.15) is 0 Å². The van der Waals surface area contributed by atoms with Crippen LogP contribution >= 0.6 is 0 Å². The van der Waals surface area contributed by atoms with Crippen LogP contribution in [-0.4, -0.2) is 20.9 Å². The van der Waals surface area contributed by atoms with Crippen LogP contribution in [0.25, 0.3) is 5.69 Å². The van der Waals surface area contributed by atoms with Crippen molar-refractivity contribution in [3.05, 3.63) is 77.9 Å². The Morgan fingerprint density at radius 2 is 1.96 bits per heavy atom. The van der Waals surface area contributed by atoms with Crippen molar-refractivity contribution in [1.29, 1.82) is 0 Å². The van der Waals surface area contributed by atoms with Gasteiger partial charge in [0.1, 0.15) is 12.9 Å². The first-order valence-electron chi connectivity index (χ1n) is 8.26. The summed E-state index contributed by atoms with van der Waals surface area (Å²) in [5.41, 5.74) is 3.23. The van der Waals surface area contributed by atoms with E-state index in [4.69, 9.17) is 4.74 Å². The zero-order valence-corrected chi connectivity index (χ0v) is 13.6. The van der Waals surface area contributed by atoms with Gasteiger partial charge in [-0.25, -0.2) is 4.79 Å². The Bertz CT molecular complexity index is 876. The number of benzene rings is 2. The van der Waals surface area contributed by atoms with E-state index in [9.17, 15) is 4.79 Å². The van der Waals surface area contributed by atoms with Gasteiger partial charge >= 0.3 is 6.09 Å². The maximum atomic E-state index is 12.2. The molecule has 6 heteroatoms. The summed E-state index contributed by atoms with van der Waals surface area (Å²) < 4.78 is 7.27. The molecule has 1 aliphatic heterocycles. The highest BCUT2D eigenvalue weighted by molar-refractivity contribution is 5.67. The zero-order valence-electron chi connectivity index (χ0n) is 13.6. The van der Waals surface area contributed by atoms with Gasteiger partial charge < -0.3 is 10.1 Å². The fourth-order valence-electron chi connectivity index (χ4n) is 3.10. The molecule has 1 aromatic heterocycles. The minimum atomic E-state index is -0.450. The Kier molecular flexibility index (Phi) is 4.16. The highest BCUT2D eigenvalue weighted by Crippen LogP contribution is 2.28. The van der Waals surface area contributed by atoms with E-state index in [0.717, 1.165) is 29.9 Å². The molecule has 1 atom stereocenters. The molecule has 126 valence electrons. The maximum Gasteiger partial charge on any atom is 0.408 e. The van der Waals surface area contributed by atoms with Gasteiger partial charge in [0.25, 0.3) is 0 Å². The predicted octanol–water partition coefficient (Wildman–Crippen LogP) is 3.18. The van der Waals surface area contributed by atoms with Crippen LogP contribution < -0.4 is 5.32 Å². The number of hydrogen-bond acceptors (Lipinski definition) is 4. The standard InChI is InChI=1S/C19H18N4O2/c24-19(25-12-14-6-2-1-3-7-14)21-16-11-10-15-8-4-5-9-17(15)23-13-20-22-18(16)23/h1-9,13,16H,10-12H2,(H,21,24). The van der Waals surface area contributed by atoms with Crippen LogP contribution in [0.4, 0.5) is 4.79 Å². The van der Waals surface area contributed by atoms with Crippen molar-refractivity contribution < 1.29 is 9.53 Å². The molecular formula is C19H18N4O2. The quantitative estimate of drug-likeness (QED) is 0.799. The SMILES string of the molecule is O=C(NC1CCc2ccccc2-n2cnnc21)OCc1ccccc1. The number of aryl methyl sites for hydroxylation is 1. The summed E-state index contributed by atoms with van der Waals surface area (Å²) in [4.78, 5) is 12.2. The summed E-state index contributed by atoms with van der Waals surface area (Å²) in [5.74, 6) is 0.724. The summed E-state index contributed by atoms with van der Waals surface area (Å²) in [6.07, 6.45) is 2.83. The molecule has 0 aliphatic carbocycles. The molecule has 25 heavy (non-hydrogen) atoms. The van der Waals surface area contributed by atoms with E-state index < -0.39 is 6.09 Å². The van der Waals surface area contributed by atoms with Gasteiger partial charge in [0, 0.05) is 0 Å². The van der Waals surface area contributed by atoms with Gasteiger partial charge in [-0.1, -0.05) is 48.5 Å². The fourth-order valence-corrected chi connectivity index (χ4v) is 3.10. The third-order valence-electron chi connectivity index (χ3n) is 4.34. The fraction of sp³-hybridized carbons (Fsp3) is 0.211. The lowest BCUT2D eigenvalue weighted by Gasteiger charge is -2.16. The largest absolute Gasteiger partial charge is 0.445 e. The Balaban J connectivity index is 1.48. The minimum Gasteiger partial charge on any atom is -0.445 e. The second kappa shape index (κ2) is 6.76. The molecule has 1 amide bonds. The number of carbonyl (C=O) groups is 1. The average Bonchev–Trinajstić information content (AvgIpc) is 3.09. The maximum absolute atomic E-state index is 12.2. The third-order valence-corrected chi connectivity index (χ3v) is 4.34. The smallest absolute Gasteiger partial charge is 0.408 e. The van der Waals surface area contributed by atoms with Gasteiger partial charge in [-0.3, -0.25) is 4.57 Å². The lowest BCUT2D eigenvalue weighted by molar-refractivity contribution is 0.134. The summed E-state index contributed by atoms with van der Waals surface area (Å²) in [6.45, 7) is 0.242. The monoisotopic (exact) mass is 334 g/mol. The van der Waals surface area contributed by atoms with Crippen LogP contribution in [0.3, 0.4) is 0 Å². The first-order chi connectivity index (χ1) is 12.3. The molecule has 1 aliphatic rings. The summed E-state index contributed by atoms with van der Waals surface area (Å²) in [6, 6.07) is 17.5. The number of amides is 1. The number of para-hydroxylation sites is 1. The van der Waals surface area contributed by atoms with Crippen molar-refractivity contribution in [2.24, 2.45) is 0 Å². The molecule has 1 N–H and O–H groups in total. The van der Waals surface area contributed by atoms with Gasteiger partial charge in [0.15, 0.2) is 5.82 Å². The Morgan fingerprint density at radius 3 is 2.84 bits per heavy atom. The average molecular weight is 334 g/mol. The molecule has 0 fully saturated rings. The second-order valence-electron chi connectivity index (χ2n) is 5.99. The van der Waals surface area contributed by atoms with E-state index in [1.54, 1.807) is 6.33 Å². The molecule has 1 unspecified atom stereocenters. The number of rotatable bonds is 3. The number of fused-ring (bicyclic) bond motifs is 3. The van der Waals surface area contributed by atoms with Crippen molar-refractivity contribution >= 4 is 6.09 Å². The van der Waals surface area contributed by atoms with Crippen LogP contribution in [0, 0.1) is 0 Å². The molecular weight excluding hydrogens is 316 g/mol. The van der Waals surface area contributed by atoms with E-state index in [1.165, 1.54) is 5.56 Å². The zero-order chi connectivity index (χ0) is 17.1. The highest BCUT2D eigenvalue weighted by atomic mass is 16.5. The molecule has 0 saturated heterocycles. The lowest BCUT2D eigenvalue weighted by atomic mass is 10.1. The molecule has 0 saturated carbocycles. The van der Waals surface area contributed by atoms with Crippen LogP contribution in [0.2, 0.25) is 0 Å². The first kappa shape index (κ1) is 15.4. The number of alkyl carbamates (subject to hydrolysis) is 1. The Hall–Kier alpha value is -3.15. The summed E-state index contributed by atoms with van der Waals surface area (Å²) in [5, 5.41) is 11.1. The second-order valence-corrected chi connectivity index (χ2v) is 5.99. The topological polar surface area (TPSA) is 69.0 Å². The number of hydrogen-bond donors (Lipinski definition) is 1. The van der Waals surface area contributed by atoms with E-state index >= 15 is 0 Å². The molecule has 0 bridgehead atoms. The molecule has 3 aromatic rings. The first-order valence-corrected chi connectivity index (χ1v) is 8.26. The number of nitrogens with zero attached hydrogens (tertiary/aromatic N) is 3. The van der Waals surface area contributed by atoms with Crippen molar-refractivity contribution in [3.8, 4) is 5.69 Å². The van der Waals surface area contributed by atoms with Crippen LogP contribution in [0.5, 0.6) is 0 Å². The van der Waals surface area contributed by atoms with E-state index in [-0.39, 0.29) is 12.6 Å². The van der Waals surface area contributed by atoms with Crippen LogP contribution in [0.1, 0.15) is 29.4 Å². The Morgan fingerprint density at radius 1 is 1.16 bits per heavy atom. The third kappa shape index (κ3) is 3.24. The summed E-state index contributed by atoms with van der Waals surface area (Å²) >= 11 is 0. The van der Waals surface area contributed by atoms with Gasteiger partial charge in [0.05, 0.1) is 11.7 Å². The number of aromatic nitrogens is 3. The molecule has 0 spiro atoms. The van der Waals surface area contributed by atoms with Gasteiger partial charge in [-0.15, -0.1) is 10.2 Å². The number of nitrogens with one attached hydrogen (secondary N) is 1. The number of ether oxygens (including phenoxy) is 1. The summed E-state index contributed by atoms with van der Waals surface area (Å²) in [7, 11) is 0.